The van der Waals surface area contributed by atoms with Crippen molar-refractivity contribution in [1.82, 2.24) is 15.5 Å². The highest BCUT2D eigenvalue weighted by molar-refractivity contribution is 7.99. The summed E-state index contributed by atoms with van der Waals surface area (Å²) in [6.07, 6.45) is 0.788. The van der Waals surface area contributed by atoms with Crippen molar-refractivity contribution in [3.05, 3.63) is 11.7 Å². The number of hydrogen-bond donors (Lipinski definition) is 1. The highest BCUT2D eigenvalue weighted by atomic mass is 32.2. The first kappa shape index (κ1) is 12.5. The zero-order valence-corrected chi connectivity index (χ0v) is 10.6. The fraction of sp³-hybridized carbons (Fsp3) is 0.800. The molecule has 0 fully saturated rings. The Balaban J connectivity index is 2.42. The van der Waals surface area contributed by atoms with E-state index in [-0.39, 0.29) is 0 Å². The maximum atomic E-state index is 5.15. The van der Waals surface area contributed by atoms with Gasteiger partial charge in [-0.05, 0) is 19.2 Å². The van der Waals surface area contributed by atoms with E-state index >= 15 is 0 Å². The lowest BCUT2D eigenvalue weighted by Crippen LogP contribution is -2.23. The third-order valence-corrected chi connectivity index (χ3v) is 3.12. The summed E-state index contributed by atoms with van der Waals surface area (Å²) in [5.41, 5.74) is 0. The molecular formula is C10H19N3OS. The van der Waals surface area contributed by atoms with E-state index in [1.165, 1.54) is 0 Å². The molecule has 0 spiro atoms. The van der Waals surface area contributed by atoms with Gasteiger partial charge in [0, 0.05) is 12.5 Å². The first-order chi connectivity index (χ1) is 7.11. The van der Waals surface area contributed by atoms with Gasteiger partial charge in [0.15, 0.2) is 5.82 Å². The van der Waals surface area contributed by atoms with Gasteiger partial charge in [0.1, 0.15) is 0 Å². The molecule has 86 valence electrons. The van der Waals surface area contributed by atoms with Gasteiger partial charge in [-0.1, -0.05) is 19.0 Å². The zero-order chi connectivity index (χ0) is 11.3. The Morgan fingerprint density at radius 3 is 2.73 bits per heavy atom. The van der Waals surface area contributed by atoms with Crippen LogP contribution < -0.4 is 5.32 Å². The molecule has 1 heterocycles. The van der Waals surface area contributed by atoms with Crippen LogP contribution in [0.5, 0.6) is 0 Å². The second kappa shape index (κ2) is 6.12. The van der Waals surface area contributed by atoms with Crippen LogP contribution in [0, 0.1) is 0 Å². The van der Waals surface area contributed by atoms with E-state index in [1.807, 2.05) is 18.8 Å². The van der Waals surface area contributed by atoms with Crippen molar-refractivity contribution in [2.24, 2.45) is 0 Å². The van der Waals surface area contributed by atoms with E-state index in [4.69, 9.17) is 4.52 Å². The van der Waals surface area contributed by atoms with Crippen molar-refractivity contribution in [2.45, 2.75) is 44.2 Å². The van der Waals surface area contributed by atoms with Crippen LogP contribution in [0.2, 0.25) is 0 Å². The molecule has 0 bridgehead atoms. The summed E-state index contributed by atoms with van der Waals surface area (Å²) in [4.78, 5) is 4.33. The minimum Gasteiger partial charge on any atom is -0.339 e. The summed E-state index contributed by atoms with van der Waals surface area (Å²) in [5, 5.41) is 7.68. The Bertz CT molecular complexity index is 288. The average Bonchev–Trinajstić information content (AvgIpc) is 2.62. The fourth-order valence-corrected chi connectivity index (χ4v) is 1.64. The Hall–Kier alpha value is -0.550. The van der Waals surface area contributed by atoms with E-state index in [1.54, 1.807) is 0 Å². The van der Waals surface area contributed by atoms with Crippen LogP contribution in [-0.2, 0) is 12.2 Å². The van der Waals surface area contributed by atoms with Gasteiger partial charge in [0.25, 0.3) is 0 Å². The molecule has 15 heavy (non-hydrogen) atoms. The van der Waals surface area contributed by atoms with Gasteiger partial charge in [-0.3, -0.25) is 0 Å². The van der Waals surface area contributed by atoms with Crippen molar-refractivity contribution in [2.75, 3.05) is 7.05 Å². The minimum absolute atomic E-state index is 0.371. The molecule has 0 saturated heterocycles. The van der Waals surface area contributed by atoms with E-state index in [0.29, 0.717) is 11.3 Å². The second-order valence-electron chi connectivity index (χ2n) is 3.86. The number of nitrogens with zero attached hydrogens (tertiary/aromatic N) is 2. The molecule has 1 rings (SSSR count). The zero-order valence-electron chi connectivity index (χ0n) is 9.78. The normalized spacial score (nSPS) is 13.4. The summed E-state index contributed by atoms with van der Waals surface area (Å²) in [5.74, 6) is 2.35. The quantitative estimate of drug-likeness (QED) is 0.807. The lowest BCUT2D eigenvalue weighted by molar-refractivity contribution is 0.362. The molecule has 0 aliphatic heterocycles. The van der Waals surface area contributed by atoms with Crippen LogP contribution in [0.25, 0.3) is 0 Å². The van der Waals surface area contributed by atoms with Crippen LogP contribution in [-0.4, -0.2) is 28.5 Å². The van der Waals surface area contributed by atoms with Crippen molar-refractivity contribution >= 4 is 11.8 Å². The van der Waals surface area contributed by atoms with Gasteiger partial charge < -0.3 is 9.84 Å². The molecule has 1 atom stereocenters. The number of hydrogen-bond acceptors (Lipinski definition) is 5. The largest absolute Gasteiger partial charge is 0.339 e. The Morgan fingerprint density at radius 1 is 1.40 bits per heavy atom. The number of likely N-dealkylation sites (N-methyl/N-ethyl adjacent to an activating group) is 1. The molecule has 1 aromatic rings. The standard InChI is InChI=1S/C10H19N3OS/c1-7(2)15-6-9-12-10(14-13-9)5-8(3)11-4/h7-8,11H,5-6H2,1-4H3. The molecule has 0 amide bonds. The number of aromatic nitrogens is 2. The van der Waals surface area contributed by atoms with E-state index in [2.05, 4.69) is 36.2 Å². The topological polar surface area (TPSA) is 51.0 Å². The van der Waals surface area contributed by atoms with Crippen molar-refractivity contribution in [1.29, 1.82) is 0 Å². The molecule has 1 aromatic heterocycles. The molecule has 1 N–H and O–H groups in total. The predicted molar refractivity (Wildman–Crippen MR) is 63.0 cm³/mol. The SMILES string of the molecule is CNC(C)Cc1nc(CSC(C)C)no1. The monoisotopic (exact) mass is 229 g/mol. The molecule has 4 nitrogen and oxygen atoms in total. The first-order valence-corrected chi connectivity index (χ1v) is 6.27. The third kappa shape index (κ3) is 4.66. The van der Waals surface area contributed by atoms with Gasteiger partial charge >= 0.3 is 0 Å². The highest BCUT2D eigenvalue weighted by Crippen LogP contribution is 2.15. The summed E-state index contributed by atoms with van der Waals surface area (Å²) in [6.45, 7) is 6.41. The van der Waals surface area contributed by atoms with Crippen LogP contribution in [0.1, 0.15) is 32.5 Å². The third-order valence-electron chi connectivity index (χ3n) is 2.03. The van der Waals surface area contributed by atoms with Crippen LogP contribution in [0.3, 0.4) is 0 Å². The summed E-state index contributed by atoms with van der Waals surface area (Å²) in [6, 6.07) is 0.371. The molecule has 0 aromatic carbocycles. The second-order valence-corrected chi connectivity index (χ2v) is 5.42. The summed E-state index contributed by atoms with van der Waals surface area (Å²) >= 11 is 1.82. The first-order valence-electron chi connectivity index (χ1n) is 5.22. The number of nitrogens with one attached hydrogen (secondary N) is 1. The lowest BCUT2D eigenvalue weighted by atomic mass is 10.2. The van der Waals surface area contributed by atoms with Gasteiger partial charge in [-0.2, -0.15) is 16.7 Å². The highest BCUT2D eigenvalue weighted by Gasteiger charge is 2.09. The Kier molecular flexibility index (Phi) is 5.11. The molecule has 0 radical (unpaired) electrons. The van der Waals surface area contributed by atoms with Crippen LogP contribution in [0.15, 0.2) is 4.52 Å². The van der Waals surface area contributed by atoms with Crippen molar-refractivity contribution in [3.63, 3.8) is 0 Å². The van der Waals surface area contributed by atoms with Gasteiger partial charge in [0.05, 0.1) is 5.75 Å². The van der Waals surface area contributed by atoms with E-state index in [0.717, 1.165) is 23.9 Å². The summed E-state index contributed by atoms with van der Waals surface area (Å²) in [7, 11) is 1.93. The molecule has 0 aliphatic carbocycles. The lowest BCUT2D eigenvalue weighted by Gasteiger charge is -2.04. The molecule has 5 heteroatoms. The van der Waals surface area contributed by atoms with Crippen molar-refractivity contribution in [3.8, 4) is 0 Å². The van der Waals surface area contributed by atoms with E-state index in [9.17, 15) is 0 Å². The fourth-order valence-electron chi connectivity index (χ4n) is 1.04. The predicted octanol–water partition coefficient (Wildman–Crippen LogP) is 1.86. The Morgan fingerprint density at radius 2 is 2.13 bits per heavy atom. The smallest absolute Gasteiger partial charge is 0.228 e. The van der Waals surface area contributed by atoms with Crippen LogP contribution >= 0.6 is 11.8 Å². The average molecular weight is 229 g/mol. The maximum Gasteiger partial charge on any atom is 0.228 e. The maximum absolute atomic E-state index is 5.15. The molecule has 1 unspecified atom stereocenters. The Labute approximate surface area is 95.2 Å². The van der Waals surface area contributed by atoms with Crippen LogP contribution in [0.4, 0.5) is 0 Å². The number of thioether (sulfide) groups is 1. The molecule has 0 saturated carbocycles. The number of rotatable bonds is 6. The summed E-state index contributed by atoms with van der Waals surface area (Å²) < 4.78 is 5.15. The minimum atomic E-state index is 0.371. The van der Waals surface area contributed by atoms with Gasteiger partial charge in [-0.15, -0.1) is 0 Å². The molecular weight excluding hydrogens is 210 g/mol. The van der Waals surface area contributed by atoms with Crippen molar-refractivity contribution < 1.29 is 4.52 Å². The molecule has 0 aliphatic rings. The van der Waals surface area contributed by atoms with Gasteiger partial charge in [0.2, 0.25) is 5.89 Å². The van der Waals surface area contributed by atoms with E-state index < -0.39 is 0 Å². The van der Waals surface area contributed by atoms with Gasteiger partial charge in [-0.25, -0.2) is 0 Å².